The zero-order chi connectivity index (χ0) is 31.4. The number of hydrogen-bond donors (Lipinski definition) is 1. The Morgan fingerprint density at radius 2 is 1.73 bits per heavy atom. The summed E-state index contributed by atoms with van der Waals surface area (Å²) in [5, 5.41) is 3.51. The highest BCUT2D eigenvalue weighted by molar-refractivity contribution is 6.37. The first-order chi connectivity index (χ1) is 21.2. The maximum Gasteiger partial charge on any atom is 0.259 e. The Morgan fingerprint density at radius 3 is 2.43 bits per heavy atom. The number of nitrogens with zero attached hydrogens (tertiary/aromatic N) is 3. The van der Waals surface area contributed by atoms with Gasteiger partial charge in [-0.3, -0.25) is 19.3 Å². The highest BCUT2D eigenvalue weighted by Crippen LogP contribution is 2.39. The van der Waals surface area contributed by atoms with Crippen LogP contribution >= 0.6 is 23.2 Å². The summed E-state index contributed by atoms with van der Waals surface area (Å²) in [7, 11) is 3.46. The summed E-state index contributed by atoms with van der Waals surface area (Å²) < 4.78 is 6.17. The van der Waals surface area contributed by atoms with E-state index < -0.39 is 5.91 Å². The molecule has 1 aliphatic heterocycles. The molecule has 1 amide bonds. The number of fused-ring (bicyclic) bond motifs is 1. The van der Waals surface area contributed by atoms with Gasteiger partial charge in [0.2, 0.25) is 5.89 Å². The molecule has 10 heteroatoms. The molecule has 0 atom stereocenters. The van der Waals surface area contributed by atoms with Gasteiger partial charge in [-0.2, -0.15) is 0 Å². The molecule has 0 radical (unpaired) electrons. The van der Waals surface area contributed by atoms with Gasteiger partial charge in [0.1, 0.15) is 5.52 Å². The molecule has 1 N–H and O–H groups in total. The first-order valence-corrected chi connectivity index (χ1v) is 15.0. The van der Waals surface area contributed by atoms with Crippen molar-refractivity contribution in [2.45, 2.75) is 26.3 Å². The average molecular weight is 632 g/mol. The molecule has 0 spiro atoms. The van der Waals surface area contributed by atoms with Gasteiger partial charge in [-0.05, 0) is 79.9 Å². The third-order valence-electron chi connectivity index (χ3n) is 7.47. The lowest BCUT2D eigenvalue weighted by Crippen LogP contribution is -2.18. The van der Waals surface area contributed by atoms with E-state index in [9.17, 15) is 14.4 Å². The van der Waals surface area contributed by atoms with E-state index in [4.69, 9.17) is 32.6 Å². The number of benzene rings is 3. The fraction of sp³-hybridized carbons (Fsp3) is 0.235. The quantitative estimate of drug-likeness (QED) is 0.0657. The van der Waals surface area contributed by atoms with Gasteiger partial charge in [-0.15, -0.1) is 0 Å². The second-order valence-electron chi connectivity index (χ2n) is 11.0. The number of rotatable bonds is 10. The van der Waals surface area contributed by atoms with Crippen molar-refractivity contribution in [3.8, 4) is 22.6 Å². The normalized spacial score (nSPS) is 14.2. The number of aldehydes is 2. The van der Waals surface area contributed by atoms with Crippen molar-refractivity contribution in [2.24, 2.45) is 0 Å². The van der Waals surface area contributed by atoms with E-state index in [2.05, 4.69) is 10.2 Å². The zero-order valence-electron chi connectivity index (χ0n) is 24.7. The van der Waals surface area contributed by atoms with Crippen molar-refractivity contribution in [3.63, 3.8) is 0 Å². The molecule has 1 fully saturated rings. The predicted octanol–water partition coefficient (Wildman–Crippen LogP) is 7.08. The van der Waals surface area contributed by atoms with Crippen LogP contribution in [0.5, 0.6) is 0 Å². The first kappa shape index (κ1) is 31.2. The molecular formula is C34H32Cl2N4O4. The molecular weight excluding hydrogens is 599 g/mol. The summed E-state index contributed by atoms with van der Waals surface area (Å²) in [4.78, 5) is 44.9. The van der Waals surface area contributed by atoms with Gasteiger partial charge in [-0.1, -0.05) is 47.5 Å². The Morgan fingerprint density at radius 1 is 1.02 bits per heavy atom. The molecule has 226 valence electrons. The van der Waals surface area contributed by atoms with Crippen molar-refractivity contribution in [1.82, 2.24) is 14.8 Å². The van der Waals surface area contributed by atoms with Crippen LogP contribution in [0.3, 0.4) is 0 Å². The Kier molecular flexibility index (Phi) is 9.64. The topological polar surface area (TPSA) is 95.7 Å². The average Bonchev–Trinajstić information content (AvgIpc) is 3.67. The van der Waals surface area contributed by atoms with Crippen LogP contribution in [0.1, 0.15) is 24.0 Å². The highest BCUT2D eigenvalue weighted by Gasteiger charge is 2.20. The molecule has 4 aromatic rings. The second kappa shape index (κ2) is 13.6. The van der Waals surface area contributed by atoms with E-state index in [0.717, 1.165) is 41.9 Å². The number of anilines is 1. The zero-order valence-corrected chi connectivity index (χ0v) is 26.2. The summed E-state index contributed by atoms with van der Waals surface area (Å²) in [5.74, 6) is -0.249. The summed E-state index contributed by atoms with van der Waals surface area (Å²) in [6.45, 7) is 4.95. The predicted molar refractivity (Wildman–Crippen MR) is 175 cm³/mol. The Hall–Kier alpha value is -4.24. The fourth-order valence-corrected chi connectivity index (χ4v) is 5.93. The van der Waals surface area contributed by atoms with Gasteiger partial charge in [0.05, 0.1) is 21.3 Å². The van der Waals surface area contributed by atoms with E-state index in [-0.39, 0.29) is 16.2 Å². The number of likely N-dealkylation sites (tertiary alicyclic amines) is 1. The molecule has 2 heterocycles. The molecule has 0 aliphatic carbocycles. The van der Waals surface area contributed by atoms with Gasteiger partial charge < -0.3 is 14.6 Å². The van der Waals surface area contributed by atoms with Crippen molar-refractivity contribution < 1.29 is 18.8 Å². The second-order valence-corrected chi connectivity index (χ2v) is 11.7. The van der Waals surface area contributed by atoms with E-state index in [1.807, 2.05) is 43.3 Å². The number of aromatic nitrogens is 1. The van der Waals surface area contributed by atoms with Crippen LogP contribution in [-0.4, -0.2) is 60.4 Å². The number of nitrogens with one attached hydrogen (secondary N) is 1. The van der Waals surface area contributed by atoms with Crippen LogP contribution < -0.4 is 5.32 Å². The molecule has 0 unspecified atom stereocenters. The third kappa shape index (κ3) is 6.78. The Labute approximate surface area is 265 Å². The summed E-state index contributed by atoms with van der Waals surface area (Å²) in [6.07, 6.45) is 6.13. The molecule has 1 aromatic heterocycles. The fourth-order valence-electron chi connectivity index (χ4n) is 5.37. The van der Waals surface area contributed by atoms with Crippen LogP contribution in [-0.2, 0) is 20.9 Å². The number of oxazole rings is 1. The largest absolute Gasteiger partial charge is 0.434 e. The number of carbonyl (C=O) groups excluding carboxylic acids is 3. The van der Waals surface area contributed by atoms with Crippen LogP contribution in [0.25, 0.3) is 33.7 Å². The van der Waals surface area contributed by atoms with E-state index in [0.29, 0.717) is 45.8 Å². The first-order valence-electron chi connectivity index (χ1n) is 14.2. The van der Waals surface area contributed by atoms with Crippen molar-refractivity contribution >= 4 is 58.5 Å². The van der Waals surface area contributed by atoms with Crippen LogP contribution in [0.4, 0.5) is 5.69 Å². The minimum atomic E-state index is -0.691. The maximum absolute atomic E-state index is 13.0. The van der Waals surface area contributed by atoms with Crippen LogP contribution in [0.2, 0.25) is 10.0 Å². The summed E-state index contributed by atoms with van der Waals surface area (Å²) in [5.41, 5.74) is 5.74. The highest BCUT2D eigenvalue weighted by atomic mass is 35.5. The Balaban J connectivity index is 1.45. The van der Waals surface area contributed by atoms with Crippen molar-refractivity contribution in [3.05, 3.63) is 93.1 Å². The lowest BCUT2D eigenvalue weighted by Gasteiger charge is -2.14. The van der Waals surface area contributed by atoms with Gasteiger partial charge in [0.25, 0.3) is 5.91 Å². The minimum absolute atomic E-state index is 0.169. The lowest BCUT2D eigenvalue weighted by molar-refractivity contribution is -0.115. The molecule has 0 saturated carbocycles. The molecule has 1 saturated heterocycles. The molecule has 8 nitrogen and oxygen atoms in total. The molecule has 1 aliphatic rings. The minimum Gasteiger partial charge on any atom is -0.434 e. The number of halogens is 2. The summed E-state index contributed by atoms with van der Waals surface area (Å²) in [6, 6.07) is 15.0. The van der Waals surface area contributed by atoms with E-state index in [1.54, 1.807) is 31.1 Å². The lowest BCUT2D eigenvalue weighted by atomic mass is 9.96. The summed E-state index contributed by atoms with van der Waals surface area (Å²) >= 11 is 13.5. The van der Waals surface area contributed by atoms with Gasteiger partial charge in [0, 0.05) is 43.5 Å². The smallest absolute Gasteiger partial charge is 0.259 e. The van der Waals surface area contributed by atoms with Gasteiger partial charge in [0.15, 0.2) is 18.2 Å². The van der Waals surface area contributed by atoms with Crippen LogP contribution in [0, 0.1) is 6.92 Å². The van der Waals surface area contributed by atoms with Crippen LogP contribution in [0.15, 0.2) is 76.4 Å². The van der Waals surface area contributed by atoms with Gasteiger partial charge >= 0.3 is 0 Å². The maximum atomic E-state index is 13.0. The van der Waals surface area contributed by atoms with Crippen molar-refractivity contribution in [2.75, 3.05) is 32.5 Å². The molecule has 3 aromatic carbocycles. The number of hydrogen-bond acceptors (Lipinski definition) is 7. The van der Waals surface area contributed by atoms with E-state index >= 15 is 0 Å². The van der Waals surface area contributed by atoms with Gasteiger partial charge in [-0.25, -0.2) is 4.98 Å². The standard InChI is InChI=1S/C34H32Cl2N4O4/c1-21-25(27-10-7-11-29(31(27)36)37-33(43)24(20-42)14-23(19-41)17-39(2)3)8-6-9-26(21)34-38-30-16-22(15-28(35)32(30)44-34)18-40-12-4-5-13-40/h6-11,14-17,19-20H,4-5,12-13,18H2,1-3H3,(H,37,43)/b23-17+,24-14+. The Bertz CT molecular complexity index is 1800. The molecule has 0 bridgehead atoms. The van der Waals surface area contributed by atoms with E-state index in [1.165, 1.54) is 25.1 Å². The third-order valence-corrected chi connectivity index (χ3v) is 8.15. The monoisotopic (exact) mass is 630 g/mol. The SMILES string of the molecule is Cc1c(-c2nc3cc(CN4CCCC4)cc(Cl)c3o2)cccc1-c1cccc(NC(=O)/C(C=O)=C/C(C=O)=C\N(C)C)c1Cl. The molecule has 5 rings (SSSR count). The number of amides is 1. The number of allylic oxidation sites excluding steroid dienone is 2. The molecule has 44 heavy (non-hydrogen) atoms. The van der Waals surface area contributed by atoms with Crippen molar-refractivity contribution in [1.29, 1.82) is 0 Å². The number of carbonyl (C=O) groups is 3.